The molecule has 0 radical (unpaired) electrons. The van der Waals surface area contributed by atoms with Crippen LogP contribution >= 0.6 is 14.8 Å². The van der Waals surface area contributed by atoms with Gasteiger partial charge in [0.15, 0.2) is 0 Å². The summed E-state index contributed by atoms with van der Waals surface area (Å²) in [6.45, 7) is 0. The van der Waals surface area contributed by atoms with E-state index in [1.54, 1.807) is 6.07 Å². The monoisotopic (exact) mass is 245 g/mol. The average molecular weight is 246 g/mol. The van der Waals surface area contributed by atoms with Crippen LogP contribution in [0.2, 0.25) is 0 Å². The van der Waals surface area contributed by atoms with Gasteiger partial charge in [0.1, 0.15) is 0 Å². The van der Waals surface area contributed by atoms with Crippen LogP contribution in [-0.2, 0) is 8.27 Å². The van der Waals surface area contributed by atoms with Crippen LogP contribution in [0.3, 0.4) is 0 Å². The van der Waals surface area contributed by atoms with E-state index in [-0.39, 0.29) is 4.90 Å². The molecule has 0 saturated carbocycles. The summed E-state index contributed by atoms with van der Waals surface area (Å²) < 4.78 is 21.8. The van der Waals surface area contributed by atoms with Crippen molar-refractivity contribution in [2.24, 2.45) is 0 Å². The van der Waals surface area contributed by atoms with Crippen molar-refractivity contribution in [1.29, 1.82) is 5.26 Å². The Hall–Kier alpha value is -0.860. The Balaban J connectivity index is 3.32. The second kappa shape index (κ2) is 3.25. The standard InChI is InChI=1S/C7H4BrNO2S/c8-12(10,11)7-3-1-2-6(4-7)5-9/h1-4H. The van der Waals surface area contributed by atoms with Gasteiger partial charge in [-0.1, -0.05) is 6.07 Å². The fourth-order valence-electron chi connectivity index (χ4n) is 0.717. The van der Waals surface area contributed by atoms with Crippen molar-refractivity contribution in [3.63, 3.8) is 0 Å². The summed E-state index contributed by atoms with van der Waals surface area (Å²) >= 11 is 2.51. The minimum absolute atomic E-state index is 0.0987. The highest BCUT2D eigenvalue weighted by atomic mass is 79.9. The molecule has 0 unspecified atom stereocenters. The van der Waals surface area contributed by atoms with Gasteiger partial charge in [0.2, 0.25) is 8.27 Å². The van der Waals surface area contributed by atoms with E-state index in [2.05, 4.69) is 14.8 Å². The van der Waals surface area contributed by atoms with Crippen molar-refractivity contribution in [3.05, 3.63) is 29.8 Å². The number of nitrogens with zero attached hydrogens (tertiary/aromatic N) is 1. The predicted molar refractivity (Wildman–Crippen MR) is 47.3 cm³/mol. The van der Waals surface area contributed by atoms with Gasteiger partial charge in [0.05, 0.1) is 31.3 Å². The summed E-state index contributed by atoms with van der Waals surface area (Å²) in [6.07, 6.45) is 0. The molecular weight excluding hydrogens is 242 g/mol. The zero-order chi connectivity index (χ0) is 9.19. The zero-order valence-corrected chi connectivity index (χ0v) is 8.26. The van der Waals surface area contributed by atoms with E-state index in [4.69, 9.17) is 5.26 Å². The Morgan fingerprint density at radius 2 is 2.08 bits per heavy atom. The molecule has 0 fully saturated rings. The molecule has 0 spiro atoms. The molecule has 0 N–H and O–H groups in total. The molecule has 0 atom stereocenters. The summed E-state index contributed by atoms with van der Waals surface area (Å²) in [6, 6.07) is 7.65. The van der Waals surface area contributed by atoms with E-state index in [1.807, 2.05) is 6.07 Å². The topological polar surface area (TPSA) is 57.9 Å². The average Bonchev–Trinajstić information content (AvgIpc) is 2.03. The molecule has 0 saturated heterocycles. The first kappa shape index (κ1) is 9.23. The molecule has 1 aromatic rings. The van der Waals surface area contributed by atoms with Gasteiger partial charge in [0.25, 0.3) is 0 Å². The maximum absolute atomic E-state index is 10.9. The quantitative estimate of drug-likeness (QED) is 0.708. The predicted octanol–water partition coefficient (Wildman–Crippen LogP) is 1.64. The Morgan fingerprint density at radius 1 is 1.42 bits per heavy atom. The molecule has 1 rings (SSSR count). The van der Waals surface area contributed by atoms with E-state index in [1.165, 1.54) is 18.2 Å². The van der Waals surface area contributed by atoms with E-state index in [0.717, 1.165) is 0 Å². The van der Waals surface area contributed by atoms with Crippen molar-refractivity contribution in [2.45, 2.75) is 4.90 Å². The van der Waals surface area contributed by atoms with Crippen LogP contribution in [0.4, 0.5) is 0 Å². The molecule has 0 aromatic heterocycles. The number of hydrogen-bond donors (Lipinski definition) is 0. The van der Waals surface area contributed by atoms with Gasteiger partial charge in [-0.05, 0) is 18.2 Å². The summed E-state index contributed by atoms with van der Waals surface area (Å²) in [5.41, 5.74) is 0.329. The van der Waals surface area contributed by atoms with Crippen molar-refractivity contribution >= 4 is 23.1 Å². The number of nitriles is 1. The van der Waals surface area contributed by atoms with E-state index in [0.29, 0.717) is 5.56 Å². The van der Waals surface area contributed by atoms with Crippen LogP contribution in [-0.4, -0.2) is 8.42 Å². The summed E-state index contributed by atoms with van der Waals surface area (Å²) in [5.74, 6) is 0. The fraction of sp³-hybridized carbons (Fsp3) is 0. The van der Waals surface area contributed by atoms with Crippen molar-refractivity contribution < 1.29 is 8.42 Å². The van der Waals surface area contributed by atoms with Gasteiger partial charge in [-0.15, -0.1) is 0 Å². The Bertz CT molecular complexity index is 433. The van der Waals surface area contributed by atoms with Gasteiger partial charge in [-0.2, -0.15) is 5.26 Å². The van der Waals surface area contributed by atoms with Crippen LogP contribution in [0.5, 0.6) is 0 Å². The SMILES string of the molecule is N#Cc1cccc(S(=O)(=O)Br)c1. The highest BCUT2D eigenvalue weighted by Gasteiger charge is 2.08. The lowest BCUT2D eigenvalue weighted by atomic mass is 10.2. The number of hydrogen-bond acceptors (Lipinski definition) is 3. The molecule has 12 heavy (non-hydrogen) atoms. The number of benzene rings is 1. The molecule has 0 aliphatic carbocycles. The molecule has 3 nitrogen and oxygen atoms in total. The molecule has 0 heterocycles. The molecule has 0 bridgehead atoms. The first-order valence-electron chi connectivity index (χ1n) is 2.99. The van der Waals surface area contributed by atoms with E-state index in [9.17, 15) is 8.42 Å². The smallest absolute Gasteiger partial charge is 0.212 e. The molecule has 0 amide bonds. The maximum atomic E-state index is 10.9. The Labute approximate surface area is 77.8 Å². The summed E-state index contributed by atoms with van der Waals surface area (Å²) in [7, 11) is -3.37. The molecule has 62 valence electrons. The first-order valence-corrected chi connectivity index (χ1v) is 6.31. The third-order valence-corrected chi connectivity index (χ3v) is 3.18. The van der Waals surface area contributed by atoms with Crippen LogP contribution in [0.1, 0.15) is 5.56 Å². The van der Waals surface area contributed by atoms with E-state index < -0.39 is 8.27 Å². The molecular formula is C7H4BrNO2S. The largest absolute Gasteiger partial charge is 0.237 e. The third-order valence-electron chi connectivity index (χ3n) is 1.24. The number of halogens is 1. The number of rotatable bonds is 1. The van der Waals surface area contributed by atoms with E-state index >= 15 is 0 Å². The second-order valence-corrected chi connectivity index (χ2v) is 5.98. The van der Waals surface area contributed by atoms with Crippen LogP contribution in [0.15, 0.2) is 29.2 Å². The highest BCUT2D eigenvalue weighted by molar-refractivity contribution is 9.47. The Kier molecular flexibility index (Phi) is 2.50. The van der Waals surface area contributed by atoms with Crippen molar-refractivity contribution in [2.75, 3.05) is 0 Å². The molecule has 5 heteroatoms. The minimum atomic E-state index is -3.37. The van der Waals surface area contributed by atoms with Crippen molar-refractivity contribution in [1.82, 2.24) is 0 Å². The lowest BCUT2D eigenvalue weighted by Gasteiger charge is -1.94. The summed E-state index contributed by atoms with van der Waals surface area (Å²) in [5, 5.41) is 8.47. The van der Waals surface area contributed by atoms with Crippen LogP contribution in [0.25, 0.3) is 0 Å². The lowest BCUT2D eigenvalue weighted by molar-refractivity contribution is 0.611. The van der Waals surface area contributed by atoms with Gasteiger partial charge in [-0.3, -0.25) is 0 Å². The van der Waals surface area contributed by atoms with Crippen LogP contribution < -0.4 is 0 Å². The van der Waals surface area contributed by atoms with Gasteiger partial charge in [0, 0.05) is 0 Å². The summed E-state index contributed by atoms with van der Waals surface area (Å²) in [4.78, 5) is 0.0987. The van der Waals surface area contributed by atoms with Crippen molar-refractivity contribution in [3.8, 4) is 6.07 Å². The first-order chi connectivity index (χ1) is 5.54. The minimum Gasteiger partial charge on any atom is -0.212 e. The normalized spacial score (nSPS) is 10.7. The second-order valence-electron chi connectivity index (χ2n) is 2.08. The zero-order valence-electron chi connectivity index (χ0n) is 5.86. The maximum Gasteiger partial charge on any atom is 0.237 e. The van der Waals surface area contributed by atoms with Gasteiger partial charge < -0.3 is 0 Å². The van der Waals surface area contributed by atoms with Crippen LogP contribution in [0, 0.1) is 11.3 Å². The fourth-order valence-corrected chi connectivity index (χ4v) is 1.83. The Morgan fingerprint density at radius 3 is 2.58 bits per heavy atom. The third kappa shape index (κ3) is 2.06. The highest BCUT2D eigenvalue weighted by Crippen LogP contribution is 2.17. The van der Waals surface area contributed by atoms with Gasteiger partial charge >= 0.3 is 0 Å². The molecule has 0 aliphatic rings. The molecule has 1 aromatic carbocycles. The van der Waals surface area contributed by atoms with Gasteiger partial charge in [-0.25, -0.2) is 8.42 Å². The lowest BCUT2D eigenvalue weighted by Crippen LogP contribution is -1.89. The molecule has 0 aliphatic heterocycles.